The Bertz CT molecular complexity index is 905. The lowest BCUT2D eigenvalue weighted by Crippen LogP contribution is -2.19. The molecule has 5 nitrogen and oxygen atoms in total. The fourth-order valence-corrected chi connectivity index (χ4v) is 3.41. The largest absolute Gasteiger partial charge is 0.486 e. The smallest absolute Gasteiger partial charge is 0.264 e. The van der Waals surface area contributed by atoms with E-state index in [2.05, 4.69) is 10.3 Å². The number of nitrogens with zero attached hydrogens (tertiary/aromatic N) is 1. The third-order valence-electron chi connectivity index (χ3n) is 3.85. The van der Waals surface area contributed by atoms with Gasteiger partial charge in [-0.05, 0) is 54.1 Å². The van der Waals surface area contributed by atoms with Gasteiger partial charge < -0.3 is 14.8 Å². The summed E-state index contributed by atoms with van der Waals surface area (Å²) >= 11 is 1.33. The van der Waals surface area contributed by atoms with Crippen LogP contribution in [0, 0.1) is 6.92 Å². The van der Waals surface area contributed by atoms with Crippen molar-refractivity contribution in [3.63, 3.8) is 0 Å². The number of para-hydroxylation sites is 1. The van der Waals surface area contributed by atoms with E-state index in [-0.39, 0.29) is 5.91 Å². The number of rotatable bonds is 2. The van der Waals surface area contributed by atoms with Crippen LogP contribution in [0.3, 0.4) is 0 Å². The molecule has 0 bridgehead atoms. The van der Waals surface area contributed by atoms with E-state index >= 15 is 0 Å². The summed E-state index contributed by atoms with van der Waals surface area (Å²) in [4.78, 5) is 17.3. The molecule has 4 rings (SSSR count). The van der Waals surface area contributed by atoms with E-state index < -0.39 is 0 Å². The molecule has 0 aliphatic carbocycles. The summed E-state index contributed by atoms with van der Waals surface area (Å²) in [7, 11) is 0. The summed E-state index contributed by atoms with van der Waals surface area (Å²) < 4.78 is 11.1. The number of aliphatic imine (C=N–C) groups is 1. The number of hydrogen-bond donors (Lipinski definition) is 1. The Morgan fingerprint density at radius 2 is 1.92 bits per heavy atom. The fraction of sp³-hybridized carbons (Fsp3) is 0.158. The van der Waals surface area contributed by atoms with Gasteiger partial charge in [-0.15, -0.1) is 0 Å². The summed E-state index contributed by atoms with van der Waals surface area (Å²) in [6, 6.07) is 13.5. The van der Waals surface area contributed by atoms with Gasteiger partial charge in [0.05, 0.1) is 10.6 Å². The third kappa shape index (κ3) is 3.39. The molecule has 6 heteroatoms. The van der Waals surface area contributed by atoms with Gasteiger partial charge in [-0.25, -0.2) is 4.99 Å². The van der Waals surface area contributed by atoms with E-state index in [0.717, 1.165) is 22.6 Å². The van der Waals surface area contributed by atoms with E-state index in [1.807, 2.05) is 55.5 Å². The van der Waals surface area contributed by atoms with Gasteiger partial charge >= 0.3 is 0 Å². The number of amides is 1. The predicted octanol–water partition coefficient (Wildman–Crippen LogP) is 3.66. The van der Waals surface area contributed by atoms with Crippen molar-refractivity contribution in [1.29, 1.82) is 0 Å². The zero-order chi connectivity index (χ0) is 17.2. The van der Waals surface area contributed by atoms with E-state index in [9.17, 15) is 4.79 Å². The van der Waals surface area contributed by atoms with Crippen LogP contribution in [0.2, 0.25) is 0 Å². The van der Waals surface area contributed by atoms with E-state index in [0.29, 0.717) is 29.0 Å². The van der Waals surface area contributed by atoms with Crippen LogP contribution in [0.5, 0.6) is 11.5 Å². The second kappa shape index (κ2) is 6.64. The number of carbonyl (C=O) groups excluding carboxylic acids is 1. The number of fused-ring (bicyclic) bond motifs is 1. The number of ether oxygens (including phenoxy) is 2. The summed E-state index contributed by atoms with van der Waals surface area (Å²) in [6.45, 7) is 3.09. The Morgan fingerprint density at radius 3 is 2.76 bits per heavy atom. The monoisotopic (exact) mass is 352 g/mol. The highest BCUT2D eigenvalue weighted by Crippen LogP contribution is 2.33. The second-order valence-electron chi connectivity index (χ2n) is 5.67. The normalized spacial score (nSPS) is 19.3. The maximum Gasteiger partial charge on any atom is 0.264 e. The van der Waals surface area contributed by atoms with Crippen molar-refractivity contribution >= 4 is 34.6 Å². The van der Waals surface area contributed by atoms with Crippen LogP contribution in [0.15, 0.2) is 52.4 Å². The lowest BCUT2D eigenvalue weighted by molar-refractivity contribution is -0.115. The van der Waals surface area contributed by atoms with Crippen LogP contribution in [0.25, 0.3) is 6.08 Å². The number of carbonyl (C=O) groups is 1. The number of aryl methyl sites for hydroxylation is 1. The first-order chi connectivity index (χ1) is 12.2. The predicted molar refractivity (Wildman–Crippen MR) is 99.4 cm³/mol. The summed E-state index contributed by atoms with van der Waals surface area (Å²) in [6.07, 6.45) is 1.83. The molecule has 2 aromatic rings. The summed E-state index contributed by atoms with van der Waals surface area (Å²) in [5.74, 6) is 1.30. The first-order valence-electron chi connectivity index (χ1n) is 7.94. The maximum atomic E-state index is 12.2. The lowest BCUT2D eigenvalue weighted by atomic mass is 10.2. The van der Waals surface area contributed by atoms with Gasteiger partial charge in [0.2, 0.25) is 0 Å². The molecule has 25 heavy (non-hydrogen) atoms. The van der Waals surface area contributed by atoms with E-state index in [1.54, 1.807) is 0 Å². The minimum Gasteiger partial charge on any atom is -0.486 e. The molecule has 1 N–H and O–H groups in total. The van der Waals surface area contributed by atoms with Crippen molar-refractivity contribution < 1.29 is 14.3 Å². The molecule has 1 amide bonds. The zero-order valence-electron chi connectivity index (χ0n) is 13.6. The number of amidine groups is 1. The van der Waals surface area contributed by atoms with Crippen molar-refractivity contribution in [3.8, 4) is 11.5 Å². The van der Waals surface area contributed by atoms with Crippen LogP contribution < -0.4 is 14.8 Å². The van der Waals surface area contributed by atoms with Gasteiger partial charge in [-0.1, -0.05) is 24.3 Å². The molecule has 0 spiro atoms. The number of hydrogen-bond acceptors (Lipinski definition) is 5. The average Bonchev–Trinajstić information content (AvgIpc) is 2.96. The molecule has 1 saturated heterocycles. The van der Waals surface area contributed by atoms with Gasteiger partial charge in [-0.2, -0.15) is 0 Å². The highest BCUT2D eigenvalue weighted by atomic mass is 32.2. The minimum atomic E-state index is -0.146. The molecular formula is C19H16N2O3S. The van der Waals surface area contributed by atoms with Gasteiger partial charge in [0.15, 0.2) is 16.7 Å². The van der Waals surface area contributed by atoms with Crippen molar-refractivity contribution in [2.75, 3.05) is 13.2 Å². The van der Waals surface area contributed by atoms with Gasteiger partial charge in [-0.3, -0.25) is 4.79 Å². The number of nitrogens with one attached hydrogen (secondary N) is 1. The van der Waals surface area contributed by atoms with Gasteiger partial charge in [0.1, 0.15) is 13.2 Å². The topological polar surface area (TPSA) is 59.9 Å². The first kappa shape index (κ1) is 15.8. The molecule has 2 aliphatic heterocycles. The van der Waals surface area contributed by atoms with Crippen molar-refractivity contribution in [1.82, 2.24) is 5.32 Å². The standard InChI is InChI=1S/C19H16N2O3S/c1-12-4-2-3-5-14(12)20-19-21-18(22)17(25-19)11-13-6-7-15-16(10-13)24-9-8-23-15/h2-7,10-11H,8-9H2,1H3,(H,20,21,22)/b17-11-. The average molecular weight is 352 g/mol. The van der Waals surface area contributed by atoms with Crippen molar-refractivity contribution in [3.05, 3.63) is 58.5 Å². The Balaban J connectivity index is 1.58. The van der Waals surface area contributed by atoms with E-state index in [1.165, 1.54) is 11.8 Å². The minimum absolute atomic E-state index is 0.146. The highest BCUT2D eigenvalue weighted by Gasteiger charge is 2.24. The first-order valence-corrected chi connectivity index (χ1v) is 8.75. The number of thioether (sulfide) groups is 1. The molecule has 2 aromatic carbocycles. The molecular weight excluding hydrogens is 336 g/mol. The Morgan fingerprint density at radius 1 is 1.12 bits per heavy atom. The lowest BCUT2D eigenvalue weighted by Gasteiger charge is -2.18. The van der Waals surface area contributed by atoms with Gasteiger partial charge in [0, 0.05) is 0 Å². The van der Waals surface area contributed by atoms with E-state index in [4.69, 9.17) is 9.47 Å². The van der Waals surface area contributed by atoms with Crippen LogP contribution in [0.1, 0.15) is 11.1 Å². The van der Waals surface area contributed by atoms with Gasteiger partial charge in [0.25, 0.3) is 5.91 Å². The zero-order valence-corrected chi connectivity index (χ0v) is 14.4. The van der Waals surface area contributed by atoms with Crippen LogP contribution in [-0.4, -0.2) is 24.3 Å². The summed E-state index contributed by atoms with van der Waals surface area (Å²) in [5.41, 5.74) is 2.80. The van der Waals surface area contributed by atoms with Crippen LogP contribution >= 0.6 is 11.8 Å². The molecule has 2 aliphatic rings. The summed E-state index contributed by atoms with van der Waals surface area (Å²) in [5, 5.41) is 3.40. The Labute approximate surface area is 149 Å². The Kier molecular flexibility index (Phi) is 4.19. The molecule has 0 unspecified atom stereocenters. The SMILES string of the molecule is Cc1ccccc1/N=C1/NC(=O)/C(=C/c2ccc3c(c2)OCCO3)S1. The third-order valence-corrected chi connectivity index (χ3v) is 4.76. The molecule has 0 atom stereocenters. The number of benzene rings is 2. The second-order valence-corrected chi connectivity index (χ2v) is 6.70. The molecule has 2 heterocycles. The van der Waals surface area contributed by atoms with Crippen LogP contribution in [-0.2, 0) is 4.79 Å². The van der Waals surface area contributed by atoms with Crippen LogP contribution in [0.4, 0.5) is 5.69 Å². The molecule has 0 saturated carbocycles. The van der Waals surface area contributed by atoms with Crippen molar-refractivity contribution in [2.45, 2.75) is 6.92 Å². The van der Waals surface area contributed by atoms with Crippen molar-refractivity contribution in [2.24, 2.45) is 4.99 Å². The highest BCUT2D eigenvalue weighted by molar-refractivity contribution is 8.18. The molecule has 126 valence electrons. The quantitative estimate of drug-likeness (QED) is 0.838. The molecule has 0 radical (unpaired) electrons. The molecule has 0 aromatic heterocycles. The molecule has 1 fully saturated rings. The maximum absolute atomic E-state index is 12.2. The Hall–Kier alpha value is -2.73. The fourth-order valence-electron chi connectivity index (χ4n) is 2.58.